The van der Waals surface area contributed by atoms with Crippen molar-refractivity contribution in [2.75, 3.05) is 7.11 Å². The number of aromatic nitrogens is 2. The van der Waals surface area contributed by atoms with Crippen LogP contribution in [0.4, 0.5) is 0 Å². The molecule has 140 valence electrons. The molecule has 0 aliphatic heterocycles. The summed E-state index contributed by atoms with van der Waals surface area (Å²) in [5, 5.41) is 9.24. The van der Waals surface area contributed by atoms with E-state index in [2.05, 4.69) is 9.72 Å². The molecule has 0 saturated carbocycles. The van der Waals surface area contributed by atoms with Gasteiger partial charge in [-0.05, 0) is 42.3 Å². The Morgan fingerprint density at radius 1 is 1.25 bits per heavy atom. The van der Waals surface area contributed by atoms with Crippen LogP contribution in [0.15, 0.2) is 59.0 Å². The van der Waals surface area contributed by atoms with Gasteiger partial charge in [0.25, 0.3) is 5.56 Å². The number of aryl methyl sites for hydroxylation is 1. The summed E-state index contributed by atoms with van der Waals surface area (Å²) >= 11 is 0. The minimum absolute atomic E-state index is 0.00268. The maximum Gasteiger partial charge on any atom is 0.348 e. The number of nitrogens with zero attached hydrogens (tertiary/aromatic N) is 3. The Kier molecular flexibility index (Phi) is 5.51. The standard InChI is InChI=1S/C21H17N3O4/c1-3-14-7-9-16(10-8-14)28-19-17(12-15(13-22)21(26)27-2)20(25)24-11-5-4-6-18(24)23-19/h4-12H,3H2,1-2H3. The molecule has 0 aliphatic carbocycles. The number of pyridine rings is 1. The van der Waals surface area contributed by atoms with E-state index in [1.807, 2.05) is 19.1 Å². The van der Waals surface area contributed by atoms with Gasteiger partial charge in [-0.15, -0.1) is 0 Å². The Morgan fingerprint density at radius 3 is 2.64 bits per heavy atom. The van der Waals surface area contributed by atoms with Crippen molar-refractivity contribution in [2.45, 2.75) is 13.3 Å². The predicted octanol–water partition coefficient (Wildman–Crippen LogP) is 3.13. The first-order chi connectivity index (χ1) is 13.6. The zero-order valence-corrected chi connectivity index (χ0v) is 15.4. The highest BCUT2D eigenvalue weighted by Crippen LogP contribution is 2.24. The lowest BCUT2D eigenvalue weighted by molar-refractivity contribution is -0.135. The van der Waals surface area contributed by atoms with Gasteiger partial charge >= 0.3 is 5.97 Å². The Hall–Kier alpha value is -3.92. The van der Waals surface area contributed by atoms with Gasteiger partial charge in [0.15, 0.2) is 0 Å². The number of fused-ring (bicyclic) bond motifs is 1. The van der Waals surface area contributed by atoms with Crippen LogP contribution in [0.25, 0.3) is 11.7 Å². The molecular weight excluding hydrogens is 358 g/mol. The number of carbonyl (C=O) groups is 1. The van der Waals surface area contributed by atoms with E-state index >= 15 is 0 Å². The zero-order chi connectivity index (χ0) is 20.1. The number of hydrogen-bond donors (Lipinski definition) is 0. The van der Waals surface area contributed by atoms with Crippen LogP contribution >= 0.6 is 0 Å². The Bertz CT molecular complexity index is 1150. The highest BCUT2D eigenvalue weighted by atomic mass is 16.5. The van der Waals surface area contributed by atoms with Crippen LogP contribution < -0.4 is 10.3 Å². The molecule has 3 aromatic rings. The summed E-state index contributed by atoms with van der Waals surface area (Å²) in [6.07, 6.45) is 3.57. The second kappa shape index (κ2) is 8.18. The highest BCUT2D eigenvalue weighted by Gasteiger charge is 2.17. The van der Waals surface area contributed by atoms with Crippen molar-refractivity contribution in [3.05, 3.63) is 75.7 Å². The van der Waals surface area contributed by atoms with Gasteiger partial charge in [0.05, 0.1) is 7.11 Å². The molecule has 0 aliphatic rings. The molecule has 2 aromatic heterocycles. The molecule has 3 rings (SSSR count). The second-order valence-electron chi connectivity index (χ2n) is 5.83. The number of carbonyl (C=O) groups excluding carboxylic acids is 1. The third kappa shape index (κ3) is 3.76. The minimum atomic E-state index is -0.849. The molecular formula is C21H17N3O4. The molecule has 0 N–H and O–H groups in total. The number of hydrogen-bond acceptors (Lipinski definition) is 6. The number of nitriles is 1. The zero-order valence-electron chi connectivity index (χ0n) is 15.4. The summed E-state index contributed by atoms with van der Waals surface area (Å²) in [4.78, 5) is 29.1. The first kappa shape index (κ1) is 18.9. The van der Waals surface area contributed by atoms with Crippen molar-refractivity contribution in [2.24, 2.45) is 0 Å². The summed E-state index contributed by atoms with van der Waals surface area (Å²) in [5.74, 6) is -0.369. The molecule has 2 heterocycles. The first-order valence-electron chi connectivity index (χ1n) is 8.55. The van der Waals surface area contributed by atoms with E-state index in [9.17, 15) is 14.9 Å². The van der Waals surface area contributed by atoms with Crippen LogP contribution in [-0.2, 0) is 16.0 Å². The maximum absolute atomic E-state index is 12.9. The van der Waals surface area contributed by atoms with Crippen molar-refractivity contribution < 1.29 is 14.3 Å². The Morgan fingerprint density at radius 2 is 2.00 bits per heavy atom. The first-order valence-corrected chi connectivity index (χ1v) is 8.55. The van der Waals surface area contributed by atoms with Crippen LogP contribution in [0, 0.1) is 11.3 Å². The summed E-state index contributed by atoms with van der Waals surface area (Å²) < 4.78 is 11.7. The molecule has 0 unspecified atom stereocenters. The van der Waals surface area contributed by atoms with Gasteiger partial charge in [-0.1, -0.05) is 25.1 Å². The fraction of sp³-hybridized carbons (Fsp3) is 0.143. The molecule has 0 saturated heterocycles. The topological polar surface area (TPSA) is 93.7 Å². The monoisotopic (exact) mass is 375 g/mol. The Labute approximate surface area is 161 Å². The number of methoxy groups -OCH3 is 1. The maximum atomic E-state index is 12.9. The number of benzene rings is 1. The average Bonchev–Trinajstić information content (AvgIpc) is 2.73. The van der Waals surface area contributed by atoms with Crippen molar-refractivity contribution in [1.29, 1.82) is 5.26 Å². The molecule has 0 spiro atoms. The van der Waals surface area contributed by atoms with E-state index in [1.165, 1.54) is 4.40 Å². The fourth-order valence-corrected chi connectivity index (χ4v) is 2.58. The van der Waals surface area contributed by atoms with E-state index in [1.54, 1.807) is 42.6 Å². The van der Waals surface area contributed by atoms with Crippen molar-refractivity contribution in [3.63, 3.8) is 0 Å². The van der Waals surface area contributed by atoms with Gasteiger partial charge in [0.1, 0.15) is 28.6 Å². The van der Waals surface area contributed by atoms with Crippen LogP contribution in [-0.4, -0.2) is 22.5 Å². The van der Waals surface area contributed by atoms with E-state index < -0.39 is 11.5 Å². The third-order valence-corrected chi connectivity index (χ3v) is 4.09. The van der Waals surface area contributed by atoms with Crippen LogP contribution in [0.5, 0.6) is 11.6 Å². The van der Waals surface area contributed by atoms with Crippen molar-refractivity contribution >= 4 is 17.7 Å². The van der Waals surface area contributed by atoms with E-state index in [0.717, 1.165) is 25.2 Å². The van der Waals surface area contributed by atoms with Crippen molar-refractivity contribution in [3.8, 4) is 17.7 Å². The molecule has 0 amide bonds. The largest absolute Gasteiger partial charge is 0.465 e. The molecule has 28 heavy (non-hydrogen) atoms. The predicted molar refractivity (Wildman–Crippen MR) is 103 cm³/mol. The summed E-state index contributed by atoms with van der Waals surface area (Å²) in [7, 11) is 1.16. The Balaban J connectivity index is 2.19. The molecule has 0 atom stereocenters. The molecule has 0 radical (unpaired) electrons. The average molecular weight is 375 g/mol. The van der Waals surface area contributed by atoms with Crippen molar-refractivity contribution in [1.82, 2.24) is 9.38 Å². The van der Waals surface area contributed by atoms with Gasteiger partial charge in [-0.2, -0.15) is 10.2 Å². The minimum Gasteiger partial charge on any atom is -0.465 e. The van der Waals surface area contributed by atoms with E-state index in [-0.39, 0.29) is 17.0 Å². The van der Waals surface area contributed by atoms with Crippen LogP contribution in [0.1, 0.15) is 18.1 Å². The summed E-state index contributed by atoms with van der Waals surface area (Å²) in [5.41, 5.74) is 0.689. The van der Waals surface area contributed by atoms with Gasteiger partial charge in [-0.3, -0.25) is 9.20 Å². The number of rotatable bonds is 5. The lowest BCUT2D eigenvalue weighted by atomic mass is 10.1. The third-order valence-electron chi connectivity index (χ3n) is 4.09. The molecule has 0 fully saturated rings. The smallest absolute Gasteiger partial charge is 0.348 e. The van der Waals surface area contributed by atoms with Gasteiger partial charge in [-0.25, -0.2) is 4.79 Å². The van der Waals surface area contributed by atoms with Gasteiger partial charge in [0.2, 0.25) is 5.88 Å². The van der Waals surface area contributed by atoms with E-state index in [0.29, 0.717) is 11.4 Å². The van der Waals surface area contributed by atoms with Crippen LogP contribution in [0.2, 0.25) is 0 Å². The second-order valence-corrected chi connectivity index (χ2v) is 5.83. The van der Waals surface area contributed by atoms with Gasteiger partial charge < -0.3 is 9.47 Å². The summed E-state index contributed by atoms with van der Waals surface area (Å²) in [6, 6.07) is 14.2. The quantitative estimate of drug-likeness (QED) is 0.386. The molecule has 1 aromatic carbocycles. The normalized spacial score (nSPS) is 11.1. The lowest BCUT2D eigenvalue weighted by Gasteiger charge is -2.10. The number of ether oxygens (including phenoxy) is 2. The molecule has 0 bridgehead atoms. The highest BCUT2D eigenvalue weighted by molar-refractivity contribution is 5.98. The van der Waals surface area contributed by atoms with Gasteiger partial charge in [0, 0.05) is 6.20 Å². The van der Waals surface area contributed by atoms with Crippen LogP contribution in [0.3, 0.4) is 0 Å². The number of esters is 1. The fourth-order valence-electron chi connectivity index (χ4n) is 2.58. The summed E-state index contributed by atoms with van der Waals surface area (Å²) in [6.45, 7) is 2.04. The lowest BCUT2D eigenvalue weighted by Crippen LogP contribution is -2.19. The van der Waals surface area contributed by atoms with E-state index in [4.69, 9.17) is 4.74 Å². The molecule has 7 nitrogen and oxygen atoms in total. The SMILES string of the molecule is CCc1ccc(Oc2nc3ccccn3c(=O)c2C=C(C#N)C(=O)OC)cc1. The molecule has 7 heteroatoms.